The summed E-state index contributed by atoms with van der Waals surface area (Å²) >= 11 is 0. The van der Waals surface area contributed by atoms with E-state index in [4.69, 9.17) is 0 Å². The maximum absolute atomic E-state index is 11.4. The molecule has 23 heavy (non-hydrogen) atoms. The molecule has 0 amide bonds. The number of carbonyl (C=O) groups is 1. The summed E-state index contributed by atoms with van der Waals surface area (Å²) in [5.41, 5.74) is 1.89. The molecule has 1 N–H and O–H groups in total. The number of allylic oxidation sites excluding steroid dienone is 1. The van der Waals surface area contributed by atoms with E-state index in [-0.39, 0.29) is 0 Å². The van der Waals surface area contributed by atoms with Crippen molar-refractivity contribution in [1.82, 2.24) is 0 Å². The Bertz CT molecular complexity index is 462. The molecule has 0 saturated carbocycles. The van der Waals surface area contributed by atoms with Gasteiger partial charge in [0.05, 0.1) is 0 Å². The average molecular weight is 316 g/mol. The second-order valence-corrected chi connectivity index (χ2v) is 6.30. The predicted octanol–water partition coefficient (Wildman–Crippen LogP) is 6.33. The van der Waals surface area contributed by atoms with Gasteiger partial charge >= 0.3 is 5.97 Å². The lowest BCUT2D eigenvalue weighted by molar-refractivity contribution is -0.132. The van der Waals surface area contributed by atoms with Gasteiger partial charge in [-0.3, -0.25) is 0 Å². The molecule has 1 aromatic rings. The number of benzene rings is 1. The van der Waals surface area contributed by atoms with E-state index >= 15 is 0 Å². The number of hydrogen-bond acceptors (Lipinski definition) is 1. The van der Waals surface area contributed by atoms with E-state index in [1.54, 1.807) is 0 Å². The largest absolute Gasteiger partial charge is 0.478 e. The van der Waals surface area contributed by atoms with Crippen molar-refractivity contribution in [2.75, 3.05) is 0 Å². The number of aliphatic carboxylic acids is 1. The van der Waals surface area contributed by atoms with Crippen LogP contribution in [0, 0.1) is 0 Å². The molecule has 0 aliphatic heterocycles. The Labute approximate surface area is 141 Å². The zero-order valence-corrected chi connectivity index (χ0v) is 14.8. The first-order valence-electron chi connectivity index (χ1n) is 9.16. The second kappa shape index (κ2) is 11.9. The maximum atomic E-state index is 11.4. The molecular formula is C21H32O2. The smallest absolute Gasteiger partial charge is 0.331 e. The third-order valence-corrected chi connectivity index (χ3v) is 4.49. The number of carboxylic acids is 1. The third kappa shape index (κ3) is 8.01. The van der Waals surface area contributed by atoms with Gasteiger partial charge in [-0.2, -0.15) is 0 Å². The van der Waals surface area contributed by atoms with E-state index < -0.39 is 5.97 Å². The highest BCUT2D eigenvalue weighted by atomic mass is 16.4. The fourth-order valence-corrected chi connectivity index (χ4v) is 2.94. The molecule has 128 valence electrons. The summed E-state index contributed by atoms with van der Waals surface area (Å²) in [5.74, 6) is -0.337. The van der Waals surface area contributed by atoms with Crippen LogP contribution in [0.25, 0.3) is 0 Å². The van der Waals surface area contributed by atoms with Crippen LogP contribution in [-0.4, -0.2) is 11.1 Å². The summed E-state index contributed by atoms with van der Waals surface area (Å²) in [6.07, 6.45) is 11.7. The third-order valence-electron chi connectivity index (χ3n) is 4.49. The van der Waals surface area contributed by atoms with Crippen molar-refractivity contribution < 1.29 is 9.90 Å². The zero-order chi connectivity index (χ0) is 16.9. The number of unbranched alkanes of at least 4 members (excludes halogenated alkanes) is 5. The Kier molecular flexibility index (Phi) is 10.1. The first-order chi connectivity index (χ1) is 11.2. The molecule has 0 spiro atoms. The van der Waals surface area contributed by atoms with Crippen LogP contribution in [0.3, 0.4) is 0 Å². The Balaban J connectivity index is 2.49. The lowest BCUT2D eigenvalue weighted by atomic mass is 9.92. The van der Waals surface area contributed by atoms with Crippen molar-refractivity contribution in [1.29, 1.82) is 0 Å². The molecule has 0 aromatic heterocycles. The van der Waals surface area contributed by atoms with Crippen LogP contribution in [0.2, 0.25) is 0 Å². The van der Waals surface area contributed by atoms with E-state index in [2.05, 4.69) is 38.1 Å². The van der Waals surface area contributed by atoms with Crippen molar-refractivity contribution in [3.63, 3.8) is 0 Å². The van der Waals surface area contributed by atoms with Gasteiger partial charge in [0.2, 0.25) is 0 Å². The van der Waals surface area contributed by atoms with E-state index in [1.165, 1.54) is 31.2 Å². The van der Waals surface area contributed by atoms with Gasteiger partial charge in [0.25, 0.3) is 0 Å². The first kappa shape index (κ1) is 19.5. The van der Waals surface area contributed by atoms with E-state index in [9.17, 15) is 9.90 Å². The molecule has 1 atom stereocenters. The van der Waals surface area contributed by atoms with Crippen LogP contribution in [-0.2, 0) is 4.79 Å². The number of carboxylic acid groups (broad SMARTS) is 1. The maximum Gasteiger partial charge on any atom is 0.331 e. The van der Waals surface area contributed by atoms with Gasteiger partial charge in [0.15, 0.2) is 0 Å². The molecule has 2 heteroatoms. The van der Waals surface area contributed by atoms with Gasteiger partial charge in [-0.25, -0.2) is 4.79 Å². The van der Waals surface area contributed by atoms with Gasteiger partial charge in [-0.05, 0) is 37.2 Å². The zero-order valence-electron chi connectivity index (χ0n) is 14.8. The summed E-state index contributed by atoms with van der Waals surface area (Å²) in [5, 5.41) is 9.40. The van der Waals surface area contributed by atoms with Crippen LogP contribution in [0.4, 0.5) is 0 Å². The molecule has 0 heterocycles. The molecule has 0 radical (unpaired) electrons. The summed E-state index contributed by atoms with van der Waals surface area (Å²) < 4.78 is 0. The van der Waals surface area contributed by atoms with Crippen molar-refractivity contribution in [2.45, 2.75) is 77.6 Å². The van der Waals surface area contributed by atoms with Gasteiger partial charge in [0.1, 0.15) is 0 Å². The highest BCUT2D eigenvalue weighted by Gasteiger charge is 2.11. The number of rotatable bonds is 12. The van der Waals surface area contributed by atoms with Gasteiger partial charge in [-0.1, -0.05) is 82.4 Å². The molecule has 0 saturated heterocycles. The highest BCUT2D eigenvalue weighted by molar-refractivity contribution is 5.86. The molecule has 0 bridgehead atoms. The molecule has 0 aliphatic rings. The minimum absolute atomic E-state index is 0.412. The summed E-state index contributed by atoms with van der Waals surface area (Å²) in [7, 11) is 0. The minimum Gasteiger partial charge on any atom is -0.478 e. The topological polar surface area (TPSA) is 37.3 Å². The molecule has 0 fully saturated rings. The molecule has 1 rings (SSSR count). The molecular weight excluding hydrogens is 284 g/mol. The van der Waals surface area contributed by atoms with Crippen LogP contribution in [0.1, 0.15) is 83.1 Å². The van der Waals surface area contributed by atoms with Crippen LogP contribution in [0.5, 0.6) is 0 Å². The Morgan fingerprint density at radius 1 is 1.04 bits per heavy atom. The fraction of sp³-hybridized carbons (Fsp3) is 0.571. The second-order valence-electron chi connectivity index (χ2n) is 6.30. The van der Waals surface area contributed by atoms with E-state index in [1.807, 2.05) is 12.1 Å². The van der Waals surface area contributed by atoms with E-state index in [0.29, 0.717) is 17.9 Å². The minimum atomic E-state index is -0.749. The van der Waals surface area contributed by atoms with Crippen molar-refractivity contribution in [2.24, 2.45) is 0 Å². The summed E-state index contributed by atoms with van der Waals surface area (Å²) in [6, 6.07) is 10.4. The van der Waals surface area contributed by atoms with Gasteiger partial charge in [0, 0.05) is 5.57 Å². The first-order valence-corrected chi connectivity index (χ1v) is 9.16. The normalized spacial score (nSPS) is 13.0. The van der Waals surface area contributed by atoms with Crippen molar-refractivity contribution in [3.8, 4) is 0 Å². The molecule has 2 nitrogen and oxygen atoms in total. The molecule has 1 aromatic carbocycles. The Morgan fingerprint density at radius 3 is 2.30 bits per heavy atom. The van der Waals surface area contributed by atoms with Crippen LogP contribution >= 0.6 is 0 Å². The number of hydrogen-bond donors (Lipinski definition) is 1. The van der Waals surface area contributed by atoms with Crippen LogP contribution in [0.15, 0.2) is 42.0 Å². The highest BCUT2D eigenvalue weighted by Crippen LogP contribution is 2.25. The monoisotopic (exact) mass is 316 g/mol. The van der Waals surface area contributed by atoms with Gasteiger partial charge < -0.3 is 5.11 Å². The van der Waals surface area contributed by atoms with Crippen molar-refractivity contribution in [3.05, 3.63) is 47.5 Å². The molecule has 1 unspecified atom stereocenters. The van der Waals surface area contributed by atoms with Crippen molar-refractivity contribution >= 4 is 5.97 Å². The SMILES string of the molecule is CCCCCCCCC(=CCC(CC)c1ccccc1)C(=O)O. The predicted molar refractivity (Wildman–Crippen MR) is 97.8 cm³/mol. The summed E-state index contributed by atoms with van der Waals surface area (Å²) in [4.78, 5) is 11.4. The van der Waals surface area contributed by atoms with Gasteiger partial charge in [-0.15, -0.1) is 0 Å². The lowest BCUT2D eigenvalue weighted by Crippen LogP contribution is -2.03. The lowest BCUT2D eigenvalue weighted by Gasteiger charge is -2.13. The van der Waals surface area contributed by atoms with E-state index in [0.717, 1.165) is 25.7 Å². The fourth-order valence-electron chi connectivity index (χ4n) is 2.94. The molecule has 0 aliphatic carbocycles. The van der Waals surface area contributed by atoms with Crippen LogP contribution < -0.4 is 0 Å². The summed E-state index contributed by atoms with van der Waals surface area (Å²) in [6.45, 7) is 4.38. The average Bonchev–Trinajstić information content (AvgIpc) is 2.57. The Morgan fingerprint density at radius 2 is 1.70 bits per heavy atom. The quantitative estimate of drug-likeness (QED) is 0.361. The Hall–Kier alpha value is -1.57. The standard InChI is InChI=1S/C21H32O2/c1-3-5-6-7-8-10-15-20(21(22)23)17-16-18(4-2)19-13-11-9-12-14-19/h9,11-14,17-18H,3-8,10,15-16H2,1-2H3,(H,22,23).